The molecule has 3 rings (SSSR count). The molecule has 2 aromatic carbocycles. The van der Waals surface area contributed by atoms with Crippen LogP contribution >= 0.6 is 0 Å². The molecule has 0 aromatic heterocycles. The molecule has 1 amide bonds. The third-order valence-corrected chi connectivity index (χ3v) is 5.90. The highest BCUT2D eigenvalue weighted by atomic mass is 32.2. The molecule has 0 spiro atoms. The van der Waals surface area contributed by atoms with Crippen molar-refractivity contribution in [3.8, 4) is 5.75 Å². The molecule has 8 heteroatoms. The van der Waals surface area contributed by atoms with Gasteiger partial charge in [-0.15, -0.1) is 0 Å². The van der Waals surface area contributed by atoms with Gasteiger partial charge in [-0.25, -0.2) is 13.2 Å². The summed E-state index contributed by atoms with van der Waals surface area (Å²) in [6.07, 6.45) is 1.46. The van der Waals surface area contributed by atoms with Crippen LogP contribution in [0.4, 0.5) is 0 Å². The van der Waals surface area contributed by atoms with Gasteiger partial charge in [0.1, 0.15) is 11.3 Å². The molecule has 1 aliphatic heterocycles. The van der Waals surface area contributed by atoms with E-state index >= 15 is 0 Å². The summed E-state index contributed by atoms with van der Waals surface area (Å²) in [5, 5.41) is 10.9. The molecular formula is C21H21NO6S. The lowest BCUT2D eigenvalue weighted by Gasteiger charge is -2.27. The molecule has 0 bridgehead atoms. The van der Waals surface area contributed by atoms with E-state index in [0.717, 1.165) is 16.5 Å². The third kappa shape index (κ3) is 5.23. The lowest BCUT2D eigenvalue weighted by atomic mass is 10.1. The monoisotopic (exact) mass is 415 g/mol. The van der Waals surface area contributed by atoms with Crippen molar-refractivity contribution >= 4 is 21.7 Å². The van der Waals surface area contributed by atoms with Crippen molar-refractivity contribution in [3.63, 3.8) is 0 Å². The van der Waals surface area contributed by atoms with Gasteiger partial charge in [-0.3, -0.25) is 4.79 Å². The average molecular weight is 415 g/mol. The van der Waals surface area contributed by atoms with Gasteiger partial charge in [0.05, 0.1) is 11.8 Å². The van der Waals surface area contributed by atoms with E-state index < -0.39 is 34.4 Å². The van der Waals surface area contributed by atoms with Gasteiger partial charge in [0, 0.05) is 12.0 Å². The lowest BCUT2D eigenvalue weighted by molar-refractivity contribution is -0.136. The van der Waals surface area contributed by atoms with Gasteiger partial charge in [-0.05, 0) is 30.7 Å². The summed E-state index contributed by atoms with van der Waals surface area (Å²) >= 11 is 0. The van der Waals surface area contributed by atoms with Gasteiger partial charge in [-0.2, -0.15) is 0 Å². The number of amides is 1. The average Bonchev–Trinajstić information content (AvgIpc) is 3.06. The van der Waals surface area contributed by atoms with Crippen LogP contribution in [-0.4, -0.2) is 48.7 Å². The Morgan fingerprint density at radius 3 is 2.55 bits per heavy atom. The summed E-state index contributed by atoms with van der Waals surface area (Å²) in [4.78, 5) is 26.4. The van der Waals surface area contributed by atoms with Crippen LogP contribution in [-0.2, 0) is 25.9 Å². The van der Waals surface area contributed by atoms with Crippen LogP contribution in [0.1, 0.15) is 21.5 Å². The summed E-state index contributed by atoms with van der Waals surface area (Å²) in [6.45, 7) is 1.37. The number of rotatable bonds is 6. The van der Waals surface area contributed by atoms with Crippen LogP contribution < -0.4 is 0 Å². The fourth-order valence-electron chi connectivity index (χ4n) is 3.03. The van der Waals surface area contributed by atoms with Crippen molar-refractivity contribution in [2.24, 2.45) is 0 Å². The van der Waals surface area contributed by atoms with Crippen LogP contribution in [0.5, 0.6) is 5.75 Å². The van der Waals surface area contributed by atoms with Gasteiger partial charge in [0.15, 0.2) is 16.4 Å². The van der Waals surface area contributed by atoms with Gasteiger partial charge in [-0.1, -0.05) is 42.0 Å². The number of esters is 1. The van der Waals surface area contributed by atoms with Crippen molar-refractivity contribution < 1.29 is 27.9 Å². The Morgan fingerprint density at radius 1 is 1.17 bits per heavy atom. The predicted octanol–water partition coefficient (Wildman–Crippen LogP) is 2.20. The number of hydrogen-bond acceptors (Lipinski definition) is 6. The Kier molecular flexibility index (Phi) is 6.03. The fraction of sp³-hybridized carbons (Fsp3) is 0.238. The molecule has 29 heavy (non-hydrogen) atoms. The van der Waals surface area contributed by atoms with E-state index in [2.05, 4.69) is 0 Å². The van der Waals surface area contributed by atoms with Crippen LogP contribution in [0.3, 0.4) is 0 Å². The molecule has 0 unspecified atom stereocenters. The fourth-order valence-corrected chi connectivity index (χ4v) is 4.32. The van der Waals surface area contributed by atoms with Crippen LogP contribution in [0.2, 0.25) is 0 Å². The SMILES string of the molecule is Cc1ccc(O)c(C(=O)OCC(=O)N(Cc2ccccc2)[C@@H]2C=CS(=O)(=O)C2)c1. The molecule has 1 N–H and O–H groups in total. The minimum atomic E-state index is -3.37. The number of nitrogens with zero attached hydrogens (tertiary/aromatic N) is 1. The van der Waals surface area contributed by atoms with E-state index in [1.807, 2.05) is 30.3 Å². The van der Waals surface area contributed by atoms with Gasteiger partial charge >= 0.3 is 5.97 Å². The number of hydrogen-bond donors (Lipinski definition) is 1. The number of carbonyl (C=O) groups is 2. The van der Waals surface area contributed by atoms with Gasteiger partial charge < -0.3 is 14.7 Å². The first-order valence-electron chi connectivity index (χ1n) is 8.96. The molecule has 1 atom stereocenters. The molecule has 0 fully saturated rings. The van der Waals surface area contributed by atoms with Crippen LogP contribution in [0.25, 0.3) is 0 Å². The number of benzene rings is 2. The molecule has 0 radical (unpaired) electrons. The second-order valence-electron chi connectivity index (χ2n) is 6.83. The molecule has 1 aliphatic rings. The Bertz CT molecular complexity index is 1050. The first-order chi connectivity index (χ1) is 13.7. The summed E-state index contributed by atoms with van der Waals surface area (Å²) in [7, 11) is -3.37. The zero-order chi connectivity index (χ0) is 21.0. The van der Waals surface area contributed by atoms with Crippen LogP contribution in [0.15, 0.2) is 60.0 Å². The minimum Gasteiger partial charge on any atom is -0.507 e. The Morgan fingerprint density at radius 2 is 1.90 bits per heavy atom. The first-order valence-corrected chi connectivity index (χ1v) is 10.7. The normalized spacial score (nSPS) is 17.1. The highest BCUT2D eigenvalue weighted by Crippen LogP contribution is 2.20. The zero-order valence-corrected chi connectivity index (χ0v) is 16.6. The number of phenolic OH excluding ortho intramolecular Hbond substituents is 1. The maximum Gasteiger partial charge on any atom is 0.342 e. The molecule has 2 aromatic rings. The molecule has 1 heterocycles. The standard InChI is InChI=1S/C21H21NO6S/c1-15-7-8-19(23)18(11-15)21(25)28-13-20(24)22(12-16-5-3-2-4-6-16)17-9-10-29(26,27)14-17/h2-11,17,23H,12-14H2,1H3/t17-/m1/s1. The molecule has 0 saturated carbocycles. The number of sulfone groups is 1. The van der Waals surface area contributed by atoms with E-state index in [0.29, 0.717) is 0 Å². The maximum absolute atomic E-state index is 12.8. The van der Waals surface area contributed by atoms with E-state index in [4.69, 9.17) is 4.74 Å². The lowest BCUT2D eigenvalue weighted by Crippen LogP contribution is -2.42. The number of carbonyl (C=O) groups excluding carboxylic acids is 2. The van der Waals surface area contributed by atoms with Crippen molar-refractivity contribution in [3.05, 3.63) is 76.7 Å². The topological polar surface area (TPSA) is 101 Å². The van der Waals surface area contributed by atoms with Crippen molar-refractivity contribution in [2.45, 2.75) is 19.5 Å². The molecule has 7 nitrogen and oxygen atoms in total. The maximum atomic E-state index is 12.8. The molecule has 0 saturated heterocycles. The van der Waals surface area contributed by atoms with Crippen molar-refractivity contribution in [1.29, 1.82) is 0 Å². The number of ether oxygens (including phenoxy) is 1. The van der Waals surface area contributed by atoms with Gasteiger partial charge in [0.2, 0.25) is 0 Å². The van der Waals surface area contributed by atoms with Gasteiger partial charge in [0.25, 0.3) is 5.91 Å². The summed E-state index contributed by atoms with van der Waals surface area (Å²) in [6, 6.07) is 13.0. The number of phenols is 1. The molecule has 0 aliphatic carbocycles. The summed E-state index contributed by atoms with van der Waals surface area (Å²) in [5.74, 6) is -1.80. The number of aryl methyl sites for hydroxylation is 1. The third-order valence-electron chi connectivity index (χ3n) is 4.53. The predicted molar refractivity (Wildman–Crippen MR) is 107 cm³/mol. The quantitative estimate of drug-likeness (QED) is 0.726. The van der Waals surface area contributed by atoms with E-state index in [9.17, 15) is 23.1 Å². The second kappa shape index (κ2) is 8.48. The Labute approximate surface area is 169 Å². The smallest absolute Gasteiger partial charge is 0.342 e. The highest BCUT2D eigenvalue weighted by molar-refractivity contribution is 7.94. The summed E-state index contributed by atoms with van der Waals surface area (Å²) in [5.41, 5.74) is 1.55. The van der Waals surface area contributed by atoms with Crippen molar-refractivity contribution in [1.82, 2.24) is 4.90 Å². The number of aromatic hydroxyl groups is 1. The van der Waals surface area contributed by atoms with E-state index in [-0.39, 0.29) is 23.6 Å². The van der Waals surface area contributed by atoms with Crippen molar-refractivity contribution in [2.75, 3.05) is 12.4 Å². The second-order valence-corrected chi connectivity index (χ2v) is 8.76. The molecular weight excluding hydrogens is 394 g/mol. The minimum absolute atomic E-state index is 0.0317. The van der Waals surface area contributed by atoms with E-state index in [1.165, 1.54) is 23.1 Å². The highest BCUT2D eigenvalue weighted by Gasteiger charge is 2.31. The Balaban J connectivity index is 1.73. The van der Waals surface area contributed by atoms with E-state index in [1.54, 1.807) is 13.0 Å². The first kappa shape index (κ1) is 20.6. The Hall–Kier alpha value is -3.13. The zero-order valence-electron chi connectivity index (χ0n) is 15.8. The molecule has 152 valence electrons. The van der Waals surface area contributed by atoms with Crippen LogP contribution in [0, 0.1) is 6.92 Å². The largest absolute Gasteiger partial charge is 0.507 e. The summed E-state index contributed by atoms with van der Waals surface area (Å²) < 4.78 is 28.7.